The summed E-state index contributed by atoms with van der Waals surface area (Å²) in [5, 5.41) is 2.69. The van der Waals surface area contributed by atoms with Crippen molar-refractivity contribution >= 4 is 33.0 Å². The summed E-state index contributed by atoms with van der Waals surface area (Å²) < 4.78 is 27.1. The standard InChI is InChI=1S/C11H12ClN3O2S2/c1-2-9(11-14-5-6-18-11)15-19(16,17)10-7-13-4-3-8(10)12/h3-7,9,15H,2H2,1H3. The van der Waals surface area contributed by atoms with Gasteiger partial charge in [-0.25, -0.2) is 18.1 Å². The first-order chi connectivity index (χ1) is 9.04. The first-order valence-corrected chi connectivity index (χ1v) is 8.30. The topological polar surface area (TPSA) is 72.0 Å². The largest absolute Gasteiger partial charge is 0.263 e. The fraction of sp³-hybridized carbons (Fsp3) is 0.273. The summed E-state index contributed by atoms with van der Waals surface area (Å²) >= 11 is 7.30. The highest BCUT2D eigenvalue weighted by Crippen LogP contribution is 2.24. The van der Waals surface area contributed by atoms with Gasteiger partial charge in [0.05, 0.1) is 11.1 Å². The van der Waals surface area contributed by atoms with E-state index in [1.54, 1.807) is 6.20 Å². The molecular formula is C11H12ClN3O2S2. The fourth-order valence-electron chi connectivity index (χ4n) is 1.53. The molecule has 2 aromatic heterocycles. The second-order valence-electron chi connectivity index (χ2n) is 3.76. The van der Waals surface area contributed by atoms with Crippen molar-refractivity contribution in [2.75, 3.05) is 0 Å². The van der Waals surface area contributed by atoms with E-state index in [1.165, 1.54) is 29.8 Å². The van der Waals surface area contributed by atoms with Crippen molar-refractivity contribution in [2.24, 2.45) is 0 Å². The predicted octanol–water partition coefficient (Wildman–Crippen LogP) is 2.62. The lowest BCUT2D eigenvalue weighted by Gasteiger charge is -2.15. The maximum absolute atomic E-state index is 12.3. The van der Waals surface area contributed by atoms with Crippen LogP contribution in [0.4, 0.5) is 0 Å². The second-order valence-corrected chi connectivity index (χ2v) is 6.77. The van der Waals surface area contributed by atoms with Crippen molar-refractivity contribution in [3.8, 4) is 0 Å². The minimum absolute atomic E-state index is 0.0216. The molecule has 102 valence electrons. The Kier molecular flexibility index (Phi) is 4.51. The molecule has 2 rings (SSSR count). The van der Waals surface area contributed by atoms with Gasteiger partial charge in [0.25, 0.3) is 0 Å². The molecule has 19 heavy (non-hydrogen) atoms. The van der Waals surface area contributed by atoms with Crippen LogP contribution in [-0.2, 0) is 10.0 Å². The number of hydrogen-bond donors (Lipinski definition) is 1. The van der Waals surface area contributed by atoms with Crippen LogP contribution in [0, 0.1) is 0 Å². The van der Waals surface area contributed by atoms with Crippen LogP contribution < -0.4 is 4.72 Å². The smallest absolute Gasteiger partial charge is 0.244 e. The van der Waals surface area contributed by atoms with Crippen molar-refractivity contribution in [3.63, 3.8) is 0 Å². The molecule has 5 nitrogen and oxygen atoms in total. The molecular weight excluding hydrogens is 306 g/mol. The zero-order valence-corrected chi connectivity index (χ0v) is 12.5. The Labute approximate surface area is 120 Å². The molecule has 0 saturated heterocycles. The molecule has 0 aliphatic carbocycles. The summed E-state index contributed by atoms with van der Waals surface area (Å²) in [5.74, 6) is 0. The maximum Gasteiger partial charge on any atom is 0.244 e. The van der Waals surface area contributed by atoms with Crippen molar-refractivity contribution in [3.05, 3.63) is 40.1 Å². The zero-order chi connectivity index (χ0) is 13.9. The van der Waals surface area contributed by atoms with Crippen molar-refractivity contribution < 1.29 is 8.42 Å². The van der Waals surface area contributed by atoms with Gasteiger partial charge in [-0.1, -0.05) is 18.5 Å². The lowest BCUT2D eigenvalue weighted by Crippen LogP contribution is -2.28. The summed E-state index contributed by atoms with van der Waals surface area (Å²) in [6.45, 7) is 1.89. The van der Waals surface area contributed by atoms with Gasteiger partial charge in [0.1, 0.15) is 9.90 Å². The molecule has 1 unspecified atom stereocenters. The van der Waals surface area contributed by atoms with E-state index >= 15 is 0 Å². The van der Waals surface area contributed by atoms with E-state index in [1.807, 2.05) is 12.3 Å². The van der Waals surface area contributed by atoms with E-state index in [9.17, 15) is 8.42 Å². The van der Waals surface area contributed by atoms with Crippen LogP contribution in [0.1, 0.15) is 24.4 Å². The van der Waals surface area contributed by atoms with Crippen LogP contribution >= 0.6 is 22.9 Å². The average molecular weight is 318 g/mol. The quantitative estimate of drug-likeness (QED) is 0.920. The molecule has 0 aromatic carbocycles. The number of nitrogens with zero attached hydrogens (tertiary/aromatic N) is 2. The van der Waals surface area contributed by atoms with Gasteiger partial charge in [-0.2, -0.15) is 0 Å². The normalized spacial score (nSPS) is 13.4. The Morgan fingerprint density at radius 2 is 2.26 bits per heavy atom. The van der Waals surface area contributed by atoms with Gasteiger partial charge in [-0.05, 0) is 12.5 Å². The van der Waals surface area contributed by atoms with E-state index < -0.39 is 10.0 Å². The van der Waals surface area contributed by atoms with Gasteiger partial charge < -0.3 is 0 Å². The molecule has 1 atom stereocenters. The first kappa shape index (κ1) is 14.4. The summed E-state index contributed by atoms with van der Waals surface area (Å²) in [7, 11) is -3.71. The summed E-state index contributed by atoms with van der Waals surface area (Å²) in [6, 6.07) is 1.08. The van der Waals surface area contributed by atoms with E-state index in [4.69, 9.17) is 11.6 Å². The molecule has 0 fully saturated rings. The van der Waals surface area contributed by atoms with Crippen LogP contribution in [0.25, 0.3) is 0 Å². The highest BCUT2D eigenvalue weighted by molar-refractivity contribution is 7.89. The van der Waals surface area contributed by atoms with Crippen molar-refractivity contribution in [2.45, 2.75) is 24.3 Å². The third-order valence-corrected chi connectivity index (χ3v) is 5.31. The van der Waals surface area contributed by atoms with Crippen molar-refractivity contribution in [1.29, 1.82) is 0 Å². The molecule has 2 aromatic rings. The Bertz CT molecular complexity index is 644. The molecule has 0 aliphatic rings. The molecule has 0 saturated carbocycles. The minimum Gasteiger partial charge on any atom is -0.263 e. The number of nitrogens with one attached hydrogen (secondary N) is 1. The lowest BCUT2D eigenvalue weighted by molar-refractivity contribution is 0.548. The van der Waals surface area contributed by atoms with E-state index in [0.29, 0.717) is 6.42 Å². The maximum atomic E-state index is 12.3. The van der Waals surface area contributed by atoms with Crippen LogP contribution in [0.15, 0.2) is 34.9 Å². The number of hydrogen-bond acceptors (Lipinski definition) is 5. The van der Waals surface area contributed by atoms with Gasteiger partial charge in [0.2, 0.25) is 10.0 Å². The Hall–Kier alpha value is -1.02. The summed E-state index contributed by atoms with van der Waals surface area (Å²) in [5.41, 5.74) is 0. The highest BCUT2D eigenvalue weighted by atomic mass is 35.5. The number of rotatable bonds is 5. The number of pyridine rings is 1. The van der Waals surface area contributed by atoms with Crippen LogP contribution in [0.2, 0.25) is 5.02 Å². The van der Waals surface area contributed by atoms with Crippen LogP contribution in [0.3, 0.4) is 0 Å². The molecule has 0 bridgehead atoms. The SMILES string of the molecule is CCC(NS(=O)(=O)c1cnccc1Cl)c1nccs1. The van der Waals surface area contributed by atoms with Crippen LogP contribution in [0.5, 0.6) is 0 Å². The molecule has 1 N–H and O–H groups in total. The van der Waals surface area contributed by atoms with Gasteiger partial charge in [0, 0.05) is 24.0 Å². The minimum atomic E-state index is -3.71. The first-order valence-electron chi connectivity index (χ1n) is 5.56. The Balaban J connectivity index is 2.29. The van der Waals surface area contributed by atoms with Gasteiger partial charge >= 0.3 is 0 Å². The third kappa shape index (κ3) is 3.30. The molecule has 0 amide bonds. The lowest BCUT2D eigenvalue weighted by atomic mass is 10.3. The molecule has 8 heteroatoms. The third-order valence-electron chi connectivity index (χ3n) is 2.48. The van der Waals surface area contributed by atoms with Gasteiger partial charge in [-0.15, -0.1) is 11.3 Å². The van der Waals surface area contributed by atoms with E-state index in [0.717, 1.165) is 5.01 Å². The number of halogens is 1. The molecule has 2 heterocycles. The zero-order valence-electron chi connectivity index (χ0n) is 10.1. The van der Waals surface area contributed by atoms with Gasteiger partial charge in [0.15, 0.2) is 0 Å². The molecule has 0 radical (unpaired) electrons. The highest BCUT2D eigenvalue weighted by Gasteiger charge is 2.23. The van der Waals surface area contributed by atoms with Crippen LogP contribution in [-0.4, -0.2) is 18.4 Å². The number of sulfonamides is 1. The average Bonchev–Trinajstić information content (AvgIpc) is 2.90. The Morgan fingerprint density at radius 1 is 1.47 bits per heavy atom. The summed E-state index contributed by atoms with van der Waals surface area (Å²) in [4.78, 5) is 7.90. The van der Waals surface area contributed by atoms with Gasteiger partial charge in [-0.3, -0.25) is 4.98 Å². The summed E-state index contributed by atoms with van der Waals surface area (Å²) in [6.07, 6.45) is 4.93. The predicted molar refractivity (Wildman–Crippen MR) is 74.7 cm³/mol. The Morgan fingerprint density at radius 3 is 2.84 bits per heavy atom. The van der Waals surface area contributed by atoms with E-state index in [2.05, 4.69) is 14.7 Å². The molecule has 0 aliphatic heterocycles. The fourth-order valence-corrected chi connectivity index (χ4v) is 4.09. The number of aromatic nitrogens is 2. The second kappa shape index (κ2) is 5.96. The molecule has 0 spiro atoms. The van der Waals surface area contributed by atoms with E-state index in [-0.39, 0.29) is 16.0 Å². The monoisotopic (exact) mass is 317 g/mol. The number of thiazole rings is 1. The van der Waals surface area contributed by atoms with Crippen molar-refractivity contribution in [1.82, 2.24) is 14.7 Å².